The predicted molar refractivity (Wildman–Crippen MR) is 123 cm³/mol. The number of nitrogens with one attached hydrogen (secondary N) is 1. The van der Waals surface area contributed by atoms with Crippen molar-refractivity contribution in [2.75, 3.05) is 24.5 Å². The zero-order valence-electron chi connectivity index (χ0n) is 17.6. The first kappa shape index (κ1) is 23.5. The van der Waals surface area contributed by atoms with Crippen molar-refractivity contribution in [3.63, 3.8) is 0 Å². The average Bonchev–Trinajstić information content (AvgIpc) is 2.72. The number of anilines is 1. The van der Waals surface area contributed by atoms with Gasteiger partial charge in [-0.25, -0.2) is 9.97 Å². The second-order valence-corrected chi connectivity index (χ2v) is 8.25. The molecule has 0 saturated heterocycles. The maximum atomic E-state index is 12.3. The molecule has 0 radical (unpaired) electrons. The van der Waals surface area contributed by atoms with E-state index in [1.165, 1.54) is 11.8 Å². The maximum Gasteiger partial charge on any atom is 0.251 e. The van der Waals surface area contributed by atoms with E-state index in [-0.39, 0.29) is 5.91 Å². The Morgan fingerprint density at radius 2 is 1.86 bits per heavy atom. The number of aromatic nitrogens is 2. The average molecular weight is 435 g/mol. The minimum absolute atomic E-state index is 0.0265. The van der Waals surface area contributed by atoms with Crippen LogP contribution in [0, 0.1) is 0 Å². The molecule has 1 N–H and O–H groups in total. The first-order valence-electron chi connectivity index (χ1n) is 10.4. The Morgan fingerprint density at radius 1 is 1.10 bits per heavy atom. The predicted octanol–water partition coefficient (Wildman–Crippen LogP) is 5.58. The highest BCUT2D eigenvalue weighted by atomic mass is 35.5. The lowest BCUT2D eigenvalue weighted by atomic mass is 10.1. The summed E-state index contributed by atoms with van der Waals surface area (Å²) in [6.07, 6.45) is 4.16. The van der Waals surface area contributed by atoms with Crippen molar-refractivity contribution in [2.24, 2.45) is 0 Å². The number of carbonyl (C=O) groups is 1. The van der Waals surface area contributed by atoms with Crippen molar-refractivity contribution >= 4 is 35.1 Å². The van der Waals surface area contributed by atoms with Crippen LogP contribution >= 0.6 is 23.4 Å². The number of hydrogen-bond acceptors (Lipinski definition) is 5. The van der Waals surface area contributed by atoms with Gasteiger partial charge >= 0.3 is 0 Å². The fraction of sp³-hybridized carbons (Fsp3) is 0.500. The molecule has 1 aromatic heterocycles. The number of halogens is 1. The number of thioether (sulfide) groups is 1. The van der Waals surface area contributed by atoms with Crippen LogP contribution in [-0.2, 0) is 5.75 Å². The third kappa shape index (κ3) is 7.86. The van der Waals surface area contributed by atoms with Crippen LogP contribution in [0.3, 0.4) is 0 Å². The lowest BCUT2D eigenvalue weighted by Crippen LogP contribution is -2.26. The molecule has 0 aliphatic carbocycles. The number of rotatable bonds is 12. The minimum atomic E-state index is -0.0265. The SMILES string of the molecule is CCCCNC(=O)c1cccc(CSc2nc(Cl)cc(N(CCC)CCC)n2)c1. The standard InChI is InChI=1S/C22H31ClN4OS/c1-4-7-11-24-21(28)18-10-8-9-17(14-18)16-29-22-25-19(23)15-20(26-22)27(12-5-2)13-6-3/h8-10,14-15H,4-7,11-13,16H2,1-3H3,(H,24,28). The van der Waals surface area contributed by atoms with Gasteiger partial charge in [0.2, 0.25) is 0 Å². The molecule has 0 aliphatic heterocycles. The van der Waals surface area contributed by atoms with Crippen LogP contribution in [0.25, 0.3) is 0 Å². The van der Waals surface area contributed by atoms with Crippen molar-refractivity contribution in [1.29, 1.82) is 0 Å². The van der Waals surface area contributed by atoms with E-state index in [4.69, 9.17) is 16.6 Å². The number of benzene rings is 1. The van der Waals surface area contributed by atoms with Crippen molar-refractivity contribution in [3.05, 3.63) is 46.6 Å². The van der Waals surface area contributed by atoms with Crippen LogP contribution in [0.2, 0.25) is 5.15 Å². The van der Waals surface area contributed by atoms with Crippen LogP contribution in [-0.4, -0.2) is 35.5 Å². The van der Waals surface area contributed by atoms with Gasteiger partial charge in [0.1, 0.15) is 11.0 Å². The number of unbranched alkanes of at least 4 members (excludes halogenated alkanes) is 1. The summed E-state index contributed by atoms with van der Waals surface area (Å²) >= 11 is 7.79. The van der Waals surface area contributed by atoms with E-state index in [1.807, 2.05) is 30.3 Å². The highest BCUT2D eigenvalue weighted by molar-refractivity contribution is 7.98. The van der Waals surface area contributed by atoms with Gasteiger partial charge in [-0.3, -0.25) is 4.79 Å². The molecule has 1 heterocycles. The molecular formula is C22H31ClN4OS. The fourth-order valence-electron chi connectivity index (χ4n) is 2.92. The molecule has 0 fully saturated rings. The summed E-state index contributed by atoms with van der Waals surface area (Å²) < 4.78 is 0. The molecule has 1 aromatic carbocycles. The molecule has 0 unspecified atom stereocenters. The van der Waals surface area contributed by atoms with Gasteiger partial charge in [-0.15, -0.1) is 0 Å². The number of carbonyl (C=O) groups excluding carboxylic acids is 1. The normalized spacial score (nSPS) is 10.8. The van der Waals surface area contributed by atoms with Crippen molar-refractivity contribution in [2.45, 2.75) is 57.4 Å². The van der Waals surface area contributed by atoms with Gasteiger partial charge in [-0.1, -0.05) is 62.7 Å². The molecule has 0 bridgehead atoms. The molecule has 1 amide bonds. The van der Waals surface area contributed by atoms with Gasteiger partial charge in [0.05, 0.1) is 0 Å². The topological polar surface area (TPSA) is 58.1 Å². The third-order valence-corrected chi connectivity index (χ3v) is 5.46. The number of amides is 1. The smallest absolute Gasteiger partial charge is 0.251 e. The molecule has 0 saturated carbocycles. The first-order chi connectivity index (χ1) is 14.1. The van der Waals surface area contributed by atoms with E-state index in [1.54, 1.807) is 0 Å². The summed E-state index contributed by atoms with van der Waals surface area (Å²) in [6, 6.07) is 9.54. The van der Waals surface area contributed by atoms with E-state index in [0.29, 0.717) is 28.2 Å². The molecule has 2 rings (SSSR count). The van der Waals surface area contributed by atoms with Crippen molar-refractivity contribution < 1.29 is 4.79 Å². The molecule has 158 valence electrons. The number of nitrogens with zero attached hydrogens (tertiary/aromatic N) is 3. The molecule has 0 aliphatic rings. The largest absolute Gasteiger partial charge is 0.356 e. The van der Waals surface area contributed by atoms with Crippen molar-refractivity contribution in [3.8, 4) is 0 Å². The Morgan fingerprint density at radius 3 is 2.55 bits per heavy atom. The van der Waals surface area contributed by atoms with Gasteiger partial charge in [-0.2, -0.15) is 0 Å². The van der Waals surface area contributed by atoms with Crippen LogP contribution < -0.4 is 10.2 Å². The monoisotopic (exact) mass is 434 g/mol. The summed E-state index contributed by atoms with van der Waals surface area (Å²) in [7, 11) is 0. The molecule has 2 aromatic rings. The lowest BCUT2D eigenvalue weighted by Gasteiger charge is -2.22. The fourth-order valence-corrected chi connectivity index (χ4v) is 3.95. The van der Waals surface area contributed by atoms with Gasteiger partial charge < -0.3 is 10.2 Å². The lowest BCUT2D eigenvalue weighted by molar-refractivity contribution is 0.0953. The van der Waals surface area contributed by atoms with Gasteiger partial charge in [-0.05, 0) is 37.0 Å². The second-order valence-electron chi connectivity index (χ2n) is 6.92. The first-order valence-corrected chi connectivity index (χ1v) is 11.7. The molecule has 0 atom stereocenters. The van der Waals surface area contributed by atoms with Gasteiger partial charge in [0.25, 0.3) is 5.91 Å². The Kier molecular flexibility index (Phi) is 10.3. The Hall–Kier alpha value is -1.79. The Balaban J connectivity index is 2.06. The Labute approximate surface area is 183 Å². The van der Waals surface area contributed by atoms with Crippen LogP contribution in [0.1, 0.15) is 62.4 Å². The number of hydrogen-bond donors (Lipinski definition) is 1. The summed E-state index contributed by atoms with van der Waals surface area (Å²) in [5.74, 6) is 1.53. The highest BCUT2D eigenvalue weighted by Gasteiger charge is 2.11. The van der Waals surface area contributed by atoms with Gasteiger partial charge in [0, 0.05) is 37.0 Å². The van der Waals surface area contributed by atoms with Crippen LogP contribution in [0.4, 0.5) is 5.82 Å². The minimum Gasteiger partial charge on any atom is -0.356 e. The maximum absolute atomic E-state index is 12.3. The zero-order valence-corrected chi connectivity index (χ0v) is 19.2. The summed E-state index contributed by atoms with van der Waals surface area (Å²) in [5, 5.41) is 4.07. The summed E-state index contributed by atoms with van der Waals surface area (Å²) in [4.78, 5) is 23.6. The van der Waals surface area contributed by atoms with E-state index < -0.39 is 0 Å². The van der Waals surface area contributed by atoms with Crippen LogP contribution in [0.5, 0.6) is 0 Å². The summed E-state index contributed by atoms with van der Waals surface area (Å²) in [6.45, 7) is 9.02. The molecule has 5 nitrogen and oxygen atoms in total. The van der Waals surface area contributed by atoms with Crippen molar-refractivity contribution in [1.82, 2.24) is 15.3 Å². The zero-order chi connectivity index (χ0) is 21.1. The van der Waals surface area contributed by atoms with E-state index in [0.717, 1.165) is 50.2 Å². The molecule has 7 heteroatoms. The highest BCUT2D eigenvalue weighted by Crippen LogP contribution is 2.25. The van der Waals surface area contributed by atoms with E-state index in [9.17, 15) is 4.79 Å². The summed E-state index contributed by atoms with van der Waals surface area (Å²) in [5.41, 5.74) is 1.74. The molecular weight excluding hydrogens is 404 g/mol. The van der Waals surface area contributed by atoms with E-state index >= 15 is 0 Å². The van der Waals surface area contributed by atoms with E-state index in [2.05, 4.69) is 36.0 Å². The van der Waals surface area contributed by atoms with Crippen LogP contribution in [0.15, 0.2) is 35.5 Å². The third-order valence-electron chi connectivity index (χ3n) is 4.34. The quantitative estimate of drug-likeness (QED) is 0.204. The molecule has 29 heavy (non-hydrogen) atoms. The second kappa shape index (κ2) is 12.7. The van der Waals surface area contributed by atoms with Gasteiger partial charge in [0.15, 0.2) is 5.16 Å². The Bertz CT molecular complexity index is 781. The molecule has 0 spiro atoms.